The zero-order chi connectivity index (χ0) is 18.2. The van der Waals surface area contributed by atoms with Crippen LogP contribution in [0.25, 0.3) is 11.0 Å². The highest BCUT2D eigenvalue weighted by Gasteiger charge is 2.41. The van der Waals surface area contributed by atoms with Crippen LogP contribution in [0, 0.1) is 0 Å². The predicted octanol–water partition coefficient (Wildman–Crippen LogP) is 2.28. The number of halogens is 1. The van der Waals surface area contributed by atoms with E-state index >= 15 is 0 Å². The third-order valence-corrected chi connectivity index (χ3v) is 4.28. The number of ether oxygens (including phenoxy) is 1. The van der Waals surface area contributed by atoms with Gasteiger partial charge in [-0.05, 0) is 27.2 Å². The van der Waals surface area contributed by atoms with E-state index in [1.165, 1.54) is 6.33 Å². The van der Waals surface area contributed by atoms with Gasteiger partial charge in [-0.3, -0.25) is 0 Å². The number of hydrogen-bond acceptors (Lipinski definition) is 6. The number of carbonyl (C=O) groups excluding carboxylic acids is 2. The third-order valence-electron chi connectivity index (χ3n) is 3.98. The number of anilines is 1. The van der Waals surface area contributed by atoms with Crippen molar-refractivity contribution in [1.82, 2.24) is 20.3 Å². The minimum atomic E-state index is -1.03. The zero-order valence-corrected chi connectivity index (χ0v) is 15.1. The smallest absolute Gasteiger partial charge is 0.408 e. The fraction of sp³-hybridized carbons (Fsp3) is 0.500. The number of hydrogen-bond donors (Lipinski definition) is 2. The Morgan fingerprint density at radius 3 is 2.92 bits per heavy atom. The fourth-order valence-corrected chi connectivity index (χ4v) is 3.13. The molecule has 25 heavy (non-hydrogen) atoms. The molecule has 0 aliphatic carbocycles. The second-order valence-corrected chi connectivity index (χ2v) is 7.54. The Bertz CT molecular complexity index is 816. The third kappa shape index (κ3) is 3.53. The molecule has 1 aliphatic rings. The van der Waals surface area contributed by atoms with Gasteiger partial charge in [0.25, 0.3) is 0 Å². The molecule has 1 aliphatic heterocycles. The van der Waals surface area contributed by atoms with Gasteiger partial charge in [-0.2, -0.15) is 0 Å². The number of alkyl carbamates (subject to hydrolysis) is 1. The maximum atomic E-state index is 12.1. The van der Waals surface area contributed by atoms with Crippen LogP contribution in [0.4, 0.5) is 10.6 Å². The summed E-state index contributed by atoms with van der Waals surface area (Å²) in [5, 5.41) is 3.91. The average Bonchev–Trinajstić information content (AvgIpc) is 3.10. The molecule has 8 nitrogen and oxygen atoms in total. The lowest BCUT2D eigenvalue weighted by Crippen LogP contribution is -2.53. The van der Waals surface area contributed by atoms with Gasteiger partial charge in [0.05, 0.1) is 10.4 Å². The number of nitrogens with zero attached hydrogens (tertiary/aromatic N) is 3. The highest BCUT2D eigenvalue weighted by Crippen LogP contribution is 2.33. The number of aldehydes is 1. The first kappa shape index (κ1) is 17.5. The highest BCUT2D eigenvalue weighted by molar-refractivity contribution is 6.36. The van der Waals surface area contributed by atoms with Crippen molar-refractivity contribution in [2.24, 2.45) is 0 Å². The van der Waals surface area contributed by atoms with E-state index in [1.54, 1.807) is 27.0 Å². The molecule has 9 heteroatoms. The number of carbonyl (C=O) groups is 2. The van der Waals surface area contributed by atoms with E-state index < -0.39 is 17.2 Å². The second-order valence-electron chi connectivity index (χ2n) is 7.13. The van der Waals surface area contributed by atoms with Crippen LogP contribution >= 0.6 is 11.6 Å². The number of nitrogens with one attached hydrogen (secondary N) is 2. The number of H-pyrrole nitrogens is 1. The molecule has 2 N–H and O–H groups in total. The quantitative estimate of drug-likeness (QED) is 0.809. The van der Waals surface area contributed by atoms with E-state index in [0.29, 0.717) is 34.8 Å². The van der Waals surface area contributed by atoms with Crippen LogP contribution in [0.15, 0.2) is 12.5 Å². The van der Waals surface area contributed by atoms with Crippen molar-refractivity contribution in [3.63, 3.8) is 0 Å². The van der Waals surface area contributed by atoms with E-state index in [1.807, 2.05) is 4.90 Å². The van der Waals surface area contributed by atoms with Gasteiger partial charge in [0.1, 0.15) is 35.2 Å². The summed E-state index contributed by atoms with van der Waals surface area (Å²) in [6.45, 7) is 6.14. The molecule has 1 atom stereocenters. The standard InChI is InChI=1S/C16H20ClN5O3/c1-15(2,3)25-14(24)21-16(8-23)4-5-22(7-16)13-11-10(17)6-18-12(11)19-9-20-13/h6,8-9H,4-5,7H2,1-3H3,(H,21,24)(H,18,19,20). The molecule has 0 saturated carbocycles. The van der Waals surface area contributed by atoms with Crippen molar-refractivity contribution in [3.05, 3.63) is 17.5 Å². The van der Waals surface area contributed by atoms with Crippen LogP contribution in [-0.4, -0.2) is 51.6 Å². The van der Waals surface area contributed by atoms with Gasteiger partial charge in [0.2, 0.25) is 0 Å². The number of aromatic amines is 1. The lowest BCUT2D eigenvalue weighted by Gasteiger charge is -2.27. The molecule has 0 bridgehead atoms. The van der Waals surface area contributed by atoms with Crippen molar-refractivity contribution in [2.45, 2.75) is 38.3 Å². The monoisotopic (exact) mass is 365 g/mol. The molecule has 0 aromatic carbocycles. The fourth-order valence-electron chi connectivity index (χ4n) is 2.90. The summed E-state index contributed by atoms with van der Waals surface area (Å²) >= 11 is 6.22. The SMILES string of the molecule is CC(C)(C)OC(=O)NC1(C=O)CCN(c2ncnc3[nH]cc(Cl)c23)C1. The first-order chi connectivity index (χ1) is 11.7. The Morgan fingerprint density at radius 2 is 2.24 bits per heavy atom. The maximum absolute atomic E-state index is 12.1. The zero-order valence-electron chi connectivity index (χ0n) is 14.3. The van der Waals surface area contributed by atoms with Crippen LogP contribution in [0.1, 0.15) is 27.2 Å². The van der Waals surface area contributed by atoms with Crippen LogP contribution in [0.5, 0.6) is 0 Å². The highest BCUT2D eigenvalue weighted by atomic mass is 35.5. The Balaban J connectivity index is 1.82. The van der Waals surface area contributed by atoms with Crippen LogP contribution in [0.3, 0.4) is 0 Å². The van der Waals surface area contributed by atoms with E-state index in [4.69, 9.17) is 16.3 Å². The van der Waals surface area contributed by atoms with Crippen LogP contribution < -0.4 is 10.2 Å². The lowest BCUT2D eigenvalue weighted by molar-refractivity contribution is -0.112. The Hall–Kier alpha value is -2.35. The summed E-state index contributed by atoms with van der Waals surface area (Å²) < 4.78 is 5.27. The molecule has 0 spiro atoms. The van der Waals surface area contributed by atoms with Crippen molar-refractivity contribution in [3.8, 4) is 0 Å². The molecule has 3 heterocycles. The Kier molecular flexibility index (Phi) is 4.32. The van der Waals surface area contributed by atoms with Gasteiger partial charge >= 0.3 is 6.09 Å². The first-order valence-electron chi connectivity index (χ1n) is 7.93. The molecular formula is C16H20ClN5O3. The molecule has 0 radical (unpaired) electrons. The Labute approximate surface area is 149 Å². The molecule has 3 rings (SSSR count). The molecule has 1 saturated heterocycles. The number of aromatic nitrogens is 3. The molecule has 134 valence electrons. The molecule has 2 aromatic heterocycles. The van der Waals surface area contributed by atoms with Gasteiger partial charge in [0, 0.05) is 19.3 Å². The van der Waals surface area contributed by atoms with E-state index in [-0.39, 0.29) is 6.54 Å². The summed E-state index contributed by atoms with van der Waals surface area (Å²) in [6, 6.07) is 0. The summed E-state index contributed by atoms with van der Waals surface area (Å²) in [5.74, 6) is 0.631. The number of rotatable bonds is 3. The number of amides is 1. The predicted molar refractivity (Wildman–Crippen MR) is 93.9 cm³/mol. The maximum Gasteiger partial charge on any atom is 0.408 e. The average molecular weight is 366 g/mol. The largest absolute Gasteiger partial charge is 0.444 e. The molecular weight excluding hydrogens is 346 g/mol. The van der Waals surface area contributed by atoms with Gasteiger partial charge in [-0.1, -0.05) is 11.6 Å². The minimum absolute atomic E-state index is 0.281. The summed E-state index contributed by atoms with van der Waals surface area (Å²) in [5.41, 5.74) is -1.04. The van der Waals surface area contributed by atoms with Crippen LogP contribution in [0.2, 0.25) is 5.02 Å². The van der Waals surface area contributed by atoms with Crippen molar-refractivity contribution < 1.29 is 14.3 Å². The lowest BCUT2D eigenvalue weighted by atomic mass is 10.0. The summed E-state index contributed by atoms with van der Waals surface area (Å²) in [6.07, 6.45) is 3.67. The van der Waals surface area contributed by atoms with Gasteiger partial charge in [-0.25, -0.2) is 14.8 Å². The van der Waals surface area contributed by atoms with Crippen molar-refractivity contribution >= 4 is 40.8 Å². The van der Waals surface area contributed by atoms with Gasteiger partial charge < -0.3 is 24.7 Å². The number of fused-ring (bicyclic) bond motifs is 1. The summed E-state index contributed by atoms with van der Waals surface area (Å²) in [7, 11) is 0. The topological polar surface area (TPSA) is 100 Å². The van der Waals surface area contributed by atoms with Crippen LogP contribution in [-0.2, 0) is 9.53 Å². The molecule has 1 unspecified atom stereocenters. The molecule has 2 aromatic rings. The van der Waals surface area contributed by atoms with E-state index in [9.17, 15) is 9.59 Å². The second kappa shape index (κ2) is 6.18. The molecule has 1 fully saturated rings. The first-order valence-corrected chi connectivity index (χ1v) is 8.31. The van der Waals surface area contributed by atoms with Crippen molar-refractivity contribution in [1.29, 1.82) is 0 Å². The van der Waals surface area contributed by atoms with Gasteiger partial charge in [-0.15, -0.1) is 0 Å². The minimum Gasteiger partial charge on any atom is -0.444 e. The molecule has 1 amide bonds. The van der Waals surface area contributed by atoms with E-state index in [2.05, 4.69) is 20.3 Å². The summed E-state index contributed by atoms with van der Waals surface area (Å²) in [4.78, 5) is 37.2. The Morgan fingerprint density at radius 1 is 1.48 bits per heavy atom. The normalized spacial score (nSPS) is 20.7. The van der Waals surface area contributed by atoms with E-state index in [0.717, 1.165) is 6.29 Å². The van der Waals surface area contributed by atoms with Gasteiger partial charge in [0.15, 0.2) is 0 Å². The van der Waals surface area contributed by atoms with Crippen molar-refractivity contribution in [2.75, 3.05) is 18.0 Å².